The smallest absolute Gasteiger partial charge is 0.239 e. The van der Waals surface area contributed by atoms with Crippen LogP contribution in [-0.4, -0.2) is 35.7 Å². The van der Waals surface area contributed by atoms with Gasteiger partial charge in [-0.25, -0.2) is 0 Å². The predicted octanol–water partition coefficient (Wildman–Crippen LogP) is 0.160. The molecular weight excluding hydrogens is 180 g/mol. The number of hydrogen-bond donors (Lipinski definition) is 1. The number of likely N-dealkylation sites (tertiary alicyclic amines) is 1. The van der Waals surface area contributed by atoms with Crippen LogP contribution in [0.25, 0.3) is 0 Å². The summed E-state index contributed by atoms with van der Waals surface area (Å²) >= 11 is 0. The Labute approximate surface area is 84.4 Å². The standard InChI is InChI=1S/C10H18N2O2/c1-7(2)9(4-6-13)12-5-3-8(11)10(12)14/h6-9H,3-5,11H2,1-2H3/t8?,9-/m0/s1. The van der Waals surface area contributed by atoms with E-state index in [-0.39, 0.29) is 18.0 Å². The van der Waals surface area contributed by atoms with Gasteiger partial charge in [0.15, 0.2) is 0 Å². The Morgan fingerprint density at radius 3 is 2.64 bits per heavy atom. The van der Waals surface area contributed by atoms with Crippen molar-refractivity contribution in [1.29, 1.82) is 0 Å². The van der Waals surface area contributed by atoms with Crippen LogP contribution in [0.15, 0.2) is 0 Å². The number of carbonyl (C=O) groups excluding carboxylic acids is 2. The molecular formula is C10H18N2O2. The van der Waals surface area contributed by atoms with E-state index < -0.39 is 0 Å². The summed E-state index contributed by atoms with van der Waals surface area (Å²) in [5.41, 5.74) is 5.62. The van der Waals surface area contributed by atoms with Crippen LogP contribution in [0.3, 0.4) is 0 Å². The second kappa shape index (κ2) is 4.55. The third-order valence-corrected chi connectivity index (χ3v) is 2.79. The molecule has 1 fully saturated rings. The molecule has 0 aromatic carbocycles. The zero-order valence-corrected chi connectivity index (χ0v) is 8.77. The first-order valence-corrected chi connectivity index (χ1v) is 5.07. The van der Waals surface area contributed by atoms with E-state index in [1.165, 1.54) is 0 Å². The summed E-state index contributed by atoms with van der Waals surface area (Å²) in [5.74, 6) is 0.292. The van der Waals surface area contributed by atoms with Gasteiger partial charge < -0.3 is 15.4 Å². The predicted molar refractivity (Wildman–Crippen MR) is 53.6 cm³/mol. The highest BCUT2D eigenvalue weighted by atomic mass is 16.2. The molecule has 4 heteroatoms. The Hall–Kier alpha value is -0.900. The number of rotatable bonds is 4. The third-order valence-electron chi connectivity index (χ3n) is 2.79. The van der Waals surface area contributed by atoms with Crippen molar-refractivity contribution in [2.75, 3.05) is 6.54 Å². The highest BCUT2D eigenvalue weighted by Crippen LogP contribution is 2.20. The van der Waals surface area contributed by atoms with Crippen molar-refractivity contribution >= 4 is 12.2 Å². The second-order valence-electron chi connectivity index (χ2n) is 4.14. The third kappa shape index (κ3) is 2.12. The van der Waals surface area contributed by atoms with Gasteiger partial charge in [-0.05, 0) is 12.3 Å². The summed E-state index contributed by atoms with van der Waals surface area (Å²) in [6, 6.07) is -0.337. The van der Waals surface area contributed by atoms with Crippen molar-refractivity contribution in [3.05, 3.63) is 0 Å². The Morgan fingerprint density at radius 2 is 2.29 bits per heavy atom. The van der Waals surface area contributed by atoms with Gasteiger partial charge in [0.2, 0.25) is 5.91 Å². The van der Waals surface area contributed by atoms with Crippen molar-refractivity contribution in [3.8, 4) is 0 Å². The maximum Gasteiger partial charge on any atom is 0.239 e. The molecule has 1 saturated heterocycles. The van der Waals surface area contributed by atoms with Gasteiger partial charge in [-0.3, -0.25) is 4.79 Å². The van der Waals surface area contributed by atoms with Gasteiger partial charge in [-0.15, -0.1) is 0 Å². The molecule has 1 aliphatic rings. The Kier molecular flexibility index (Phi) is 3.63. The van der Waals surface area contributed by atoms with Crippen LogP contribution in [0.4, 0.5) is 0 Å². The molecule has 0 aromatic heterocycles. The minimum absolute atomic E-state index is 0.00875. The van der Waals surface area contributed by atoms with Crippen LogP contribution in [0, 0.1) is 5.92 Å². The van der Waals surface area contributed by atoms with E-state index in [2.05, 4.69) is 0 Å². The van der Waals surface area contributed by atoms with Gasteiger partial charge in [-0.2, -0.15) is 0 Å². The number of aldehydes is 1. The maximum atomic E-state index is 11.6. The minimum atomic E-state index is -0.358. The number of amides is 1. The van der Waals surface area contributed by atoms with E-state index in [1.54, 1.807) is 4.90 Å². The van der Waals surface area contributed by atoms with Crippen LogP contribution < -0.4 is 5.73 Å². The molecule has 1 amide bonds. The first-order valence-electron chi connectivity index (χ1n) is 5.07. The van der Waals surface area contributed by atoms with Crippen LogP contribution in [0.5, 0.6) is 0 Å². The SMILES string of the molecule is CC(C)[C@H](CC=O)N1CCC(N)C1=O. The normalized spacial score (nSPS) is 24.4. The first kappa shape index (κ1) is 11.2. The summed E-state index contributed by atoms with van der Waals surface area (Å²) < 4.78 is 0. The highest BCUT2D eigenvalue weighted by molar-refractivity contribution is 5.84. The molecule has 2 N–H and O–H groups in total. The van der Waals surface area contributed by atoms with Crippen LogP contribution in [0.1, 0.15) is 26.7 Å². The summed E-state index contributed by atoms with van der Waals surface area (Å²) in [6.45, 7) is 4.73. The molecule has 1 rings (SSSR count). The van der Waals surface area contributed by atoms with Crippen LogP contribution in [0.2, 0.25) is 0 Å². The van der Waals surface area contributed by atoms with Gasteiger partial charge >= 0.3 is 0 Å². The number of hydrogen-bond acceptors (Lipinski definition) is 3. The molecule has 2 atom stereocenters. The average Bonchev–Trinajstić information content (AvgIpc) is 2.44. The van der Waals surface area contributed by atoms with E-state index in [9.17, 15) is 9.59 Å². The molecule has 0 spiro atoms. The van der Waals surface area contributed by atoms with Crippen molar-refractivity contribution in [1.82, 2.24) is 4.90 Å². The largest absolute Gasteiger partial charge is 0.338 e. The summed E-state index contributed by atoms with van der Waals surface area (Å²) in [6.07, 6.45) is 2.00. The van der Waals surface area contributed by atoms with E-state index in [4.69, 9.17) is 5.73 Å². The fourth-order valence-electron chi connectivity index (χ4n) is 1.91. The van der Waals surface area contributed by atoms with Crippen LogP contribution >= 0.6 is 0 Å². The van der Waals surface area contributed by atoms with E-state index in [1.807, 2.05) is 13.8 Å². The molecule has 0 aliphatic carbocycles. The maximum absolute atomic E-state index is 11.6. The summed E-state index contributed by atoms with van der Waals surface area (Å²) in [4.78, 5) is 23.9. The van der Waals surface area contributed by atoms with E-state index in [0.29, 0.717) is 25.3 Å². The average molecular weight is 198 g/mol. The van der Waals surface area contributed by atoms with Gasteiger partial charge in [0, 0.05) is 19.0 Å². The fraction of sp³-hybridized carbons (Fsp3) is 0.800. The monoisotopic (exact) mass is 198 g/mol. The highest BCUT2D eigenvalue weighted by Gasteiger charge is 2.34. The van der Waals surface area contributed by atoms with Crippen molar-refractivity contribution in [2.24, 2.45) is 11.7 Å². The van der Waals surface area contributed by atoms with Gasteiger partial charge in [0.05, 0.1) is 6.04 Å². The number of nitrogens with zero attached hydrogens (tertiary/aromatic N) is 1. The molecule has 1 aliphatic heterocycles. The number of carbonyl (C=O) groups is 2. The van der Waals surface area contributed by atoms with Crippen molar-refractivity contribution in [2.45, 2.75) is 38.8 Å². The zero-order chi connectivity index (χ0) is 10.7. The Balaban J connectivity index is 2.69. The molecule has 0 saturated carbocycles. The Morgan fingerprint density at radius 1 is 1.64 bits per heavy atom. The van der Waals surface area contributed by atoms with E-state index >= 15 is 0 Å². The molecule has 4 nitrogen and oxygen atoms in total. The first-order chi connectivity index (χ1) is 6.57. The summed E-state index contributed by atoms with van der Waals surface area (Å²) in [5, 5.41) is 0. The minimum Gasteiger partial charge on any atom is -0.338 e. The fourth-order valence-corrected chi connectivity index (χ4v) is 1.91. The molecule has 0 bridgehead atoms. The van der Waals surface area contributed by atoms with Gasteiger partial charge in [0.25, 0.3) is 0 Å². The second-order valence-corrected chi connectivity index (χ2v) is 4.14. The molecule has 1 heterocycles. The summed E-state index contributed by atoms with van der Waals surface area (Å²) in [7, 11) is 0. The molecule has 14 heavy (non-hydrogen) atoms. The van der Waals surface area contributed by atoms with Gasteiger partial charge in [-0.1, -0.05) is 13.8 Å². The topological polar surface area (TPSA) is 63.4 Å². The lowest BCUT2D eigenvalue weighted by atomic mass is 10.00. The zero-order valence-electron chi connectivity index (χ0n) is 8.77. The lowest BCUT2D eigenvalue weighted by Crippen LogP contribution is -2.43. The molecule has 1 unspecified atom stereocenters. The van der Waals surface area contributed by atoms with Crippen molar-refractivity contribution in [3.63, 3.8) is 0 Å². The molecule has 0 radical (unpaired) electrons. The quantitative estimate of drug-likeness (QED) is 0.654. The Bertz CT molecular complexity index is 228. The van der Waals surface area contributed by atoms with E-state index in [0.717, 1.165) is 6.29 Å². The molecule has 80 valence electrons. The van der Waals surface area contributed by atoms with Gasteiger partial charge in [0.1, 0.15) is 6.29 Å². The molecule has 0 aromatic rings. The lowest BCUT2D eigenvalue weighted by molar-refractivity contribution is -0.132. The number of nitrogens with two attached hydrogens (primary N) is 1. The lowest BCUT2D eigenvalue weighted by Gasteiger charge is -2.29. The van der Waals surface area contributed by atoms with Crippen LogP contribution in [-0.2, 0) is 9.59 Å². The van der Waals surface area contributed by atoms with Crippen molar-refractivity contribution < 1.29 is 9.59 Å².